The van der Waals surface area contributed by atoms with E-state index >= 15 is 0 Å². The summed E-state index contributed by atoms with van der Waals surface area (Å²) < 4.78 is 5.66. The number of hydrogen-bond donors (Lipinski definition) is 1. The van der Waals surface area contributed by atoms with Crippen LogP contribution in [0.1, 0.15) is 31.9 Å². The molecule has 0 saturated heterocycles. The molecule has 0 aromatic heterocycles. The SMILES string of the molecule is CC(C)(C)O/C(O)=C/C(c1ccccc1)[Si](C)(C)c1ccccc1. The molecule has 2 aromatic carbocycles. The van der Waals surface area contributed by atoms with Gasteiger partial charge in [0.05, 0.1) is 8.07 Å². The summed E-state index contributed by atoms with van der Waals surface area (Å²) in [6.45, 7) is 10.5. The van der Waals surface area contributed by atoms with Crippen molar-refractivity contribution in [2.24, 2.45) is 0 Å². The van der Waals surface area contributed by atoms with Gasteiger partial charge in [0, 0.05) is 11.6 Å². The van der Waals surface area contributed by atoms with E-state index in [-0.39, 0.29) is 11.5 Å². The molecule has 0 aliphatic rings. The van der Waals surface area contributed by atoms with E-state index in [0.717, 1.165) is 0 Å². The highest BCUT2D eigenvalue weighted by Gasteiger charge is 2.34. The standard InChI is InChI=1S/C21H28O2Si/c1-21(2,3)23-20(22)16-19(17-12-8-6-9-13-17)24(4,5)18-14-10-7-11-15-18/h6-16,19,22H,1-5H3/b20-16+. The first kappa shape index (κ1) is 18.3. The largest absolute Gasteiger partial charge is 0.481 e. The number of aliphatic hydroxyl groups is 1. The molecule has 0 fully saturated rings. The molecule has 0 aliphatic carbocycles. The first-order valence-electron chi connectivity index (χ1n) is 8.40. The fourth-order valence-corrected chi connectivity index (χ4v) is 5.91. The third kappa shape index (κ3) is 4.75. The van der Waals surface area contributed by atoms with E-state index < -0.39 is 13.7 Å². The molecule has 0 radical (unpaired) electrons. The molecule has 1 N–H and O–H groups in total. The van der Waals surface area contributed by atoms with Gasteiger partial charge in [-0.25, -0.2) is 0 Å². The lowest BCUT2D eigenvalue weighted by Gasteiger charge is -2.32. The zero-order valence-corrected chi connectivity index (χ0v) is 16.3. The average molecular weight is 341 g/mol. The lowest BCUT2D eigenvalue weighted by molar-refractivity contribution is -0.0152. The Morgan fingerprint density at radius 3 is 1.96 bits per heavy atom. The number of rotatable bonds is 5. The summed E-state index contributed by atoms with van der Waals surface area (Å²) in [5.74, 6) is 0.00728. The van der Waals surface area contributed by atoms with Crippen LogP contribution in [-0.2, 0) is 4.74 Å². The third-order valence-electron chi connectivity index (χ3n) is 4.17. The van der Waals surface area contributed by atoms with Crippen molar-refractivity contribution in [2.75, 3.05) is 0 Å². The molecule has 0 heterocycles. The third-order valence-corrected chi connectivity index (χ3v) is 8.05. The van der Waals surface area contributed by atoms with Crippen LogP contribution >= 0.6 is 0 Å². The van der Waals surface area contributed by atoms with Crippen LogP contribution in [0.5, 0.6) is 0 Å². The van der Waals surface area contributed by atoms with Gasteiger partial charge in [-0.2, -0.15) is 0 Å². The van der Waals surface area contributed by atoms with Crippen LogP contribution in [0, 0.1) is 0 Å². The Balaban J connectivity index is 2.46. The Labute approximate surface area is 146 Å². The maximum absolute atomic E-state index is 10.4. The highest BCUT2D eigenvalue weighted by molar-refractivity contribution is 6.91. The number of allylic oxidation sites excluding steroid dienone is 1. The van der Waals surface area contributed by atoms with Gasteiger partial charge in [-0.1, -0.05) is 78.9 Å². The highest BCUT2D eigenvalue weighted by Crippen LogP contribution is 2.30. The molecule has 0 spiro atoms. The van der Waals surface area contributed by atoms with Gasteiger partial charge >= 0.3 is 0 Å². The Kier molecular flexibility index (Phi) is 5.55. The van der Waals surface area contributed by atoms with Gasteiger partial charge in [0.2, 0.25) is 0 Å². The van der Waals surface area contributed by atoms with Crippen LogP contribution < -0.4 is 5.19 Å². The second-order valence-electron chi connectivity index (χ2n) is 7.70. The summed E-state index contributed by atoms with van der Waals surface area (Å²) in [7, 11) is -1.90. The summed E-state index contributed by atoms with van der Waals surface area (Å²) in [6.07, 6.45) is 1.89. The van der Waals surface area contributed by atoms with Gasteiger partial charge in [-0.15, -0.1) is 0 Å². The fourth-order valence-electron chi connectivity index (χ4n) is 2.92. The van der Waals surface area contributed by atoms with Gasteiger partial charge in [0.1, 0.15) is 5.60 Å². The lowest BCUT2D eigenvalue weighted by atomic mass is 10.1. The maximum Gasteiger partial charge on any atom is 0.273 e. The van der Waals surface area contributed by atoms with Crippen LogP contribution in [0.15, 0.2) is 72.7 Å². The van der Waals surface area contributed by atoms with Gasteiger partial charge in [0.25, 0.3) is 5.95 Å². The van der Waals surface area contributed by atoms with Crippen molar-refractivity contribution in [2.45, 2.75) is 45.0 Å². The molecule has 0 amide bonds. The minimum absolute atomic E-state index is 0.00728. The smallest absolute Gasteiger partial charge is 0.273 e. The van der Waals surface area contributed by atoms with Crippen molar-refractivity contribution in [1.82, 2.24) is 0 Å². The summed E-state index contributed by atoms with van der Waals surface area (Å²) in [5.41, 5.74) is 0.922. The molecule has 0 aliphatic heterocycles. The summed E-state index contributed by atoms with van der Waals surface area (Å²) in [4.78, 5) is 0. The molecule has 2 nitrogen and oxygen atoms in total. The van der Waals surface area contributed by atoms with E-state index in [1.165, 1.54) is 10.8 Å². The first-order valence-corrected chi connectivity index (χ1v) is 11.5. The summed E-state index contributed by atoms with van der Waals surface area (Å²) >= 11 is 0. The fraction of sp³-hybridized carbons (Fsp3) is 0.333. The molecule has 2 rings (SSSR count). The average Bonchev–Trinajstić information content (AvgIpc) is 2.52. The Morgan fingerprint density at radius 1 is 0.958 bits per heavy atom. The van der Waals surface area contributed by atoms with E-state index in [9.17, 15) is 5.11 Å². The Bertz CT molecular complexity index is 670. The molecule has 0 bridgehead atoms. The van der Waals surface area contributed by atoms with Crippen molar-refractivity contribution < 1.29 is 9.84 Å². The maximum atomic E-state index is 10.4. The highest BCUT2D eigenvalue weighted by atomic mass is 28.3. The minimum Gasteiger partial charge on any atom is -0.481 e. The van der Waals surface area contributed by atoms with Crippen molar-refractivity contribution in [3.05, 3.63) is 78.2 Å². The van der Waals surface area contributed by atoms with Crippen LogP contribution in [0.4, 0.5) is 0 Å². The lowest BCUT2D eigenvalue weighted by Crippen LogP contribution is -2.47. The van der Waals surface area contributed by atoms with Gasteiger partial charge in [-0.3, -0.25) is 0 Å². The zero-order chi connectivity index (χ0) is 17.8. The topological polar surface area (TPSA) is 29.5 Å². The van der Waals surface area contributed by atoms with Crippen molar-refractivity contribution in [3.8, 4) is 0 Å². The molecule has 128 valence electrons. The van der Waals surface area contributed by atoms with Gasteiger partial charge in [0.15, 0.2) is 0 Å². The van der Waals surface area contributed by atoms with Gasteiger partial charge in [-0.05, 0) is 26.3 Å². The molecular weight excluding hydrogens is 312 g/mol. The van der Waals surface area contributed by atoms with Crippen LogP contribution in [0.25, 0.3) is 0 Å². The summed E-state index contributed by atoms with van der Waals surface area (Å²) in [6, 6.07) is 21.0. The first-order chi connectivity index (χ1) is 11.2. The molecule has 24 heavy (non-hydrogen) atoms. The minimum atomic E-state index is -1.90. The van der Waals surface area contributed by atoms with Crippen molar-refractivity contribution >= 4 is 13.3 Å². The van der Waals surface area contributed by atoms with E-state index in [4.69, 9.17) is 4.74 Å². The summed E-state index contributed by atoms with van der Waals surface area (Å²) in [5, 5.41) is 11.7. The Morgan fingerprint density at radius 2 is 1.46 bits per heavy atom. The predicted molar refractivity (Wildman–Crippen MR) is 104 cm³/mol. The van der Waals surface area contributed by atoms with E-state index in [0.29, 0.717) is 0 Å². The molecule has 1 unspecified atom stereocenters. The molecule has 1 atom stereocenters. The van der Waals surface area contributed by atoms with E-state index in [1.807, 2.05) is 51.1 Å². The molecule has 2 aromatic rings. The molecule has 3 heteroatoms. The zero-order valence-electron chi connectivity index (χ0n) is 15.3. The van der Waals surface area contributed by atoms with E-state index in [2.05, 4.69) is 49.5 Å². The van der Waals surface area contributed by atoms with Gasteiger partial charge < -0.3 is 9.84 Å². The van der Waals surface area contributed by atoms with Crippen LogP contribution in [-0.4, -0.2) is 18.8 Å². The number of aliphatic hydroxyl groups excluding tert-OH is 1. The predicted octanol–water partition coefficient (Wildman–Crippen LogP) is 5.14. The quantitative estimate of drug-likeness (QED) is 0.603. The number of hydrogen-bond acceptors (Lipinski definition) is 2. The van der Waals surface area contributed by atoms with E-state index in [1.54, 1.807) is 0 Å². The number of ether oxygens (including phenoxy) is 1. The molecular formula is C21H28O2Si. The molecule has 0 saturated carbocycles. The Hall–Kier alpha value is -2.00. The van der Waals surface area contributed by atoms with Crippen molar-refractivity contribution in [3.63, 3.8) is 0 Å². The van der Waals surface area contributed by atoms with Crippen LogP contribution in [0.2, 0.25) is 13.1 Å². The normalized spacial score (nSPS) is 14.3. The monoisotopic (exact) mass is 340 g/mol. The second kappa shape index (κ2) is 7.26. The second-order valence-corrected chi connectivity index (χ2v) is 12.3. The van der Waals surface area contributed by atoms with Crippen LogP contribution in [0.3, 0.4) is 0 Å². The number of benzene rings is 2. The van der Waals surface area contributed by atoms with Crippen molar-refractivity contribution in [1.29, 1.82) is 0 Å².